The lowest BCUT2D eigenvalue weighted by Gasteiger charge is -2.11. The van der Waals surface area contributed by atoms with Crippen molar-refractivity contribution in [2.45, 2.75) is 5.03 Å². The van der Waals surface area contributed by atoms with Crippen molar-refractivity contribution >= 4 is 37.3 Å². The number of nitrogens with zero attached hydrogens (tertiary/aromatic N) is 1. The van der Waals surface area contributed by atoms with Crippen molar-refractivity contribution in [2.75, 3.05) is 17.3 Å². The number of nitrogens with two attached hydrogens (primary N) is 1. The number of anilines is 2. The van der Waals surface area contributed by atoms with E-state index >= 15 is 0 Å². The van der Waals surface area contributed by atoms with Gasteiger partial charge in [0.2, 0.25) is 5.03 Å². The van der Waals surface area contributed by atoms with Gasteiger partial charge in [0.15, 0.2) is 0 Å². The van der Waals surface area contributed by atoms with Crippen molar-refractivity contribution in [1.82, 2.24) is 4.98 Å². The third-order valence-corrected chi connectivity index (χ3v) is 4.54. The fraction of sp³-hybridized carbons (Fsp3) is 0.0833. The summed E-state index contributed by atoms with van der Waals surface area (Å²) < 4.78 is 32.8. The standard InChI is InChI=1S/C12H13BrN4O3S/c1-20-11-5-4-8(7-9(11)13)17-21(18,19)12-10(16-14)3-2-6-15-12/h2-7,16-17H,14H2,1H3. The number of pyridine rings is 1. The number of hydrazine groups is 1. The van der Waals surface area contributed by atoms with E-state index in [1.54, 1.807) is 24.3 Å². The highest BCUT2D eigenvalue weighted by molar-refractivity contribution is 9.10. The monoisotopic (exact) mass is 372 g/mol. The van der Waals surface area contributed by atoms with E-state index in [0.29, 0.717) is 15.9 Å². The molecule has 0 atom stereocenters. The highest BCUT2D eigenvalue weighted by Gasteiger charge is 2.20. The number of aromatic nitrogens is 1. The third kappa shape index (κ3) is 3.43. The van der Waals surface area contributed by atoms with Crippen molar-refractivity contribution < 1.29 is 13.2 Å². The van der Waals surface area contributed by atoms with Crippen LogP contribution < -0.4 is 20.7 Å². The molecule has 0 unspecified atom stereocenters. The maximum Gasteiger partial charge on any atom is 0.281 e. The fourth-order valence-corrected chi connectivity index (χ4v) is 3.34. The molecule has 0 radical (unpaired) electrons. The van der Waals surface area contributed by atoms with Gasteiger partial charge < -0.3 is 10.2 Å². The molecule has 0 saturated heterocycles. The summed E-state index contributed by atoms with van der Waals surface area (Å²) in [5.41, 5.74) is 2.88. The minimum atomic E-state index is -3.86. The van der Waals surface area contributed by atoms with Gasteiger partial charge in [0.05, 0.1) is 23.0 Å². The van der Waals surface area contributed by atoms with E-state index in [0.717, 1.165) is 0 Å². The molecule has 2 rings (SSSR count). The third-order valence-electron chi connectivity index (χ3n) is 2.59. The Balaban J connectivity index is 2.35. The summed E-state index contributed by atoms with van der Waals surface area (Å²) in [6.07, 6.45) is 1.37. The van der Waals surface area contributed by atoms with Crippen LogP contribution in [0.15, 0.2) is 46.0 Å². The Kier molecular flexibility index (Phi) is 4.66. The molecule has 9 heteroatoms. The van der Waals surface area contributed by atoms with Crippen LogP contribution in [-0.2, 0) is 10.0 Å². The number of rotatable bonds is 5. The van der Waals surface area contributed by atoms with E-state index in [-0.39, 0.29) is 10.7 Å². The second-order valence-electron chi connectivity index (χ2n) is 3.96. The van der Waals surface area contributed by atoms with Crippen LogP contribution in [0, 0.1) is 0 Å². The van der Waals surface area contributed by atoms with Gasteiger partial charge in [0.1, 0.15) is 5.75 Å². The molecule has 0 amide bonds. The number of halogens is 1. The maximum absolute atomic E-state index is 12.3. The average molecular weight is 373 g/mol. The first kappa shape index (κ1) is 15.5. The summed E-state index contributed by atoms with van der Waals surface area (Å²) in [5, 5.41) is -0.181. The number of nitrogen functional groups attached to an aromatic ring is 1. The lowest BCUT2D eigenvalue weighted by atomic mass is 10.3. The zero-order valence-corrected chi connectivity index (χ0v) is 13.4. The molecule has 2 aromatic rings. The van der Waals surface area contributed by atoms with E-state index in [1.165, 1.54) is 19.4 Å². The summed E-state index contributed by atoms with van der Waals surface area (Å²) in [4.78, 5) is 3.84. The van der Waals surface area contributed by atoms with Gasteiger partial charge in [-0.05, 0) is 46.3 Å². The van der Waals surface area contributed by atoms with Gasteiger partial charge in [-0.15, -0.1) is 0 Å². The van der Waals surface area contributed by atoms with Crippen LogP contribution in [0.3, 0.4) is 0 Å². The number of methoxy groups -OCH3 is 1. The molecular weight excluding hydrogens is 360 g/mol. The Bertz CT molecular complexity index is 752. The highest BCUT2D eigenvalue weighted by Crippen LogP contribution is 2.29. The minimum Gasteiger partial charge on any atom is -0.496 e. The quantitative estimate of drug-likeness (QED) is 0.546. The molecule has 0 aliphatic carbocycles. The molecule has 1 heterocycles. The van der Waals surface area contributed by atoms with Crippen LogP contribution >= 0.6 is 15.9 Å². The first-order valence-electron chi connectivity index (χ1n) is 5.76. The van der Waals surface area contributed by atoms with Gasteiger partial charge in [0.25, 0.3) is 10.0 Å². The molecule has 1 aromatic heterocycles. The Morgan fingerprint density at radius 2 is 2.10 bits per heavy atom. The first-order valence-corrected chi connectivity index (χ1v) is 8.03. The van der Waals surface area contributed by atoms with E-state index in [1.807, 2.05) is 0 Å². The zero-order chi connectivity index (χ0) is 15.5. The largest absolute Gasteiger partial charge is 0.496 e. The van der Waals surface area contributed by atoms with Gasteiger partial charge in [-0.2, -0.15) is 8.42 Å². The van der Waals surface area contributed by atoms with Crippen molar-refractivity contribution in [3.05, 3.63) is 41.0 Å². The van der Waals surface area contributed by atoms with Crippen molar-refractivity contribution in [1.29, 1.82) is 0 Å². The van der Waals surface area contributed by atoms with Crippen LogP contribution in [-0.4, -0.2) is 20.5 Å². The van der Waals surface area contributed by atoms with E-state index in [2.05, 4.69) is 31.1 Å². The average Bonchev–Trinajstić information content (AvgIpc) is 2.47. The second kappa shape index (κ2) is 6.29. The van der Waals surface area contributed by atoms with Gasteiger partial charge in [-0.3, -0.25) is 10.6 Å². The summed E-state index contributed by atoms with van der Waals surface area (Å²) >= 11 is 3.29. The number of nitrogens with one attached hydrogen (secondary N) is 2. The predicted octanol–water partition coefficient (Wildman–Crippen LogP) is 1.94. The van der Waals surface area contributed by atoms with Crippen molar-refractivity contribution in [2.24, 2.45) is 5.84 Å². The Labute approximate surface area is 130 Å². The highest BCUT2D eigenvalue weighted by atomic mass is 79.9. The molecular formula is C12H13BrN4O3S. The molecule has 112 valence electrons. The van der Waals surface area contributed by atoms with Crippen LogP contribution in [0.1, 0.15) is 0 Å². The molecule has 21 heavy (non-hydrogen) atoms. The SMILES string of the molecule is COc1ccc(NS(=O)(=O)c2ncccc2NN)cc1Br. The first-order chi connectivity index (χ1) is 9.97. The fourth-order valence-electron chi connectivity index (χ4n) is 1.65. The smallest absolute Gasteiger partial charge is 0.281 e. The Morgan fingerprint density at radius 3 is 2.71 bits per heavy atom. The zero-order valence-electron chi connectivity index (χ0n) is 11.0. The topological polar surface area (TPSA) is 106 Å². The molecule has 1 aromatic carbocycles. The number of ether oxygens (including phenoxy) is 1. The lowest BCUT2D eigenvalue weighted by Crippen LogP contribution is -2.18. The van der Waals surface area contributed by atoms with Crippen molar-refractivity contribution in [3.8, 4) is 5.75 Å². The maximum atomic E-state index is 12.3. The summed E-state index contributed by atoms with van der Waals surface area (Å²) in [6.45, 7) is 0. The molecule has 0 aliphatic rings. The van der Waals surface area contributed by atoms with Crippen LogP contribution in [0.2, 0.25) is 0 Å². The van der Waals surface area contributed by atoms with Crippen LogP contribution in [0.25, 0.3) is 0 Å². The summed E-state index contributed by atoms with van der Waals surface area (Å²) in [7, 11) is -2.33. The summed E-state index contributed by atoms with van der Waals surface area (Å²) in [6, 6.07) is 7.92. The minimum absolute atomic E-state index is 0.181. The van der Waals surface area contributed by atoms with E-state index in [4.69, 9.17) is 10.6 Å². The molecule has 0 fully saturated rings. The molecule has 7 nitrogen and oxygen atoms in total. The number of benzene rings is 1. The predicted molar refractivity (Wildman–Crippen MR) is 83.5 cm³/mol. The molecule has 4 N–H and O–H groups in total. The van der Waals surface area contributed by atoms with Gasteiger partial charge in [-0.25, -0.2) is 4.98 Å². The van der Waals surface area contributed by atoms with E-state index < -0.39 is 10.0 Å². The Hall–Kier alpha value is -1.84. The van der Waals surface area contributed by atoms with Gasteiger partial charge in [0, 0.05) is 6.20 Å². The van der Waals surface area contributed by atoms with Gasteiger partial charge in [-0.1, -0.05) is 0 Å². The number of hydrogen-bond donors (Lipinski definition) is 3. The number of sulfonamides is 1. The molecule has 0 saturated carbocycles. The molecule has 0 spiro atoms. The summed E-state index contributed by atoms with van der Waals surface area (Å²) in [5.74, 6) is 5.89. The lowest BCUT2D eigenvalue weighted by molar-refractivity contribution is 0.412. The second-order valence-corrected chi connectivity index (χ2v) is 6.41. The van der Waals surface area contributed by atoms with Gasteiger partial charge >= 0.3 is 0 Å². The van der Waals surface area contributed by atoms with E-state index in [9.17, 15) is 8.42 Å². The number of hydrogen-bond acceptors (Lipinski definition) is 6. The van der Waals surface area contributed by atoms with Crippen LogP contribution in [0.4, 0.5) is 11.4 Å². The van der Waals surface area contributed by atoms with Crippen molar-refractivity contribution in [3.63, 3.8) is 0 Å². The Morgan fingerprint density at radius 1 is 1.33 bits per heavy atom. The molecule has 0 aliphatic heterocycles. The normalized spacial score (nSPS) is 11.0. The van der Waals surface area contributed by atoms with Crippen LogP contribution in [0.5, 0.6) is 5.75 Å². The molecule has 0 bridgehead atoms.